The quantitative estimate of drug-likeness (QED) is 0.327. The van der Waals surface area contributed by atoms with Gasteiger partial charge in [-0.3, -0.25) is 14.8 Å². The van der Waals surface area contributed by atoms with Crippen LogP contribution in [0.15, 0.2) is 54.6 Å². The van der Waals surface area contributed by atoms with E-state index in [-0.39, 0.29) is 17.4 Å². The van der Waals surface area contributed by atoms with Crippen molar-refractivity contribution in [2.75, 3.05) is 52.2 Å². The first-order chi connectivity index (χ1) is 18.9. The normalized spacial score (nSPS) is 22.5. The van der Waals surface area contributed by atoms with Crippen LogP contribution in [0.25, 0.3) is 10.9 Å². The van der Waals surface area contributed by atoms with Gasteiger partial charge >= 0.3 is 0 Å². The number of aromatic nitrogens is 2. The summed E-state index contributed by atoms with van der Waals surface area (Å²) in [6.07, 6.45) is 0.771. The SMILES string of the molecule is COc1ccc2c(c1)[C@]1(C[C@H]1c1ccc3c(Nc4ccc(C5(N(C)C)COC5)cc4OC)n[nH]c3c1)C(=O)N2. The number of hydrogen-bond donors (Lipinski definition) is 3. The molecular weight excluding hydrogens is 494 g/mol. The van der Waals surface area contributed by atoms with Crippen LogP contribution in [-0.2, 0) is 20.5 Å². The lowest BCUT2D eigenvalue weighted by Gasteiger charge is -2.47. The molecule has 1 aromatic heterocycles. The highest BCUT2D eigenvalue weighted by molar-refractivity contribution is 6.10. The molecule has 2 fully saturated rings. The zero-order valence-electron chi connectivity index (χ0n) is 22.4. The van der Waals surface area contributed by atoms with Crippen LogP contribution in [0.1, 0.15) is 29.0 Å². The monoisotopic (exact) mass is 525 g/mol. The van der Waals surface area contributed by atoms with Crippen molar-refractivity contribution in [2.45, 2.75) is 23.3 Å². The van der Waals surface area contributed by atoms with Gasteiger partial charge in [0, 0.05) is 17.0 Å². The van der Waals surface area contributed by atoms with Crippen molar-refractivity contribution >= 4 is 34.0 Å². The number of benzene rings is 3. The van der Waals surface area contributed by atoms with Gasteiger partial charge in [-0.15, -0.1) is 0 Å². The summed E-state index contributed by atoms with van der Waals surface area (Å²) < 4.78 is 16.7. The van der Waals surface area contributed by atoms with Gasteiger partial charge < -0.3 is 24.8 Å². The fraction of sp³-hybridized carbons (Fsp3) is 0.333. The minimum Gasteiger partial charge on any atom is -0.497 e. The van der Waals surface area contributed by atoms with Crippen molar-refractivity contribution in [3.63, 3.8) is 0 Å². The van der Waals surface area contributed by atoms with Crippen LogP contribution >= 0.6 is 0 Å². The second-order valence-corrected chi connectivity index (χ2v) is 10.9. The Morgan fingerprint density at radius 3 is 2.62 bits per heavy atom. The Bertz CT molecular complexity index is 1630. The minimum absolute atomic E-state index is 0.0582. The fourth-order valence-electron chi connectivity index (χ4n) is 6.24. The summed E-state index contributed by atoms with van der Waals surface area (Å²) in [5.41, 5.74) is 5.24. The average Bonchev–Trinajstić information content (AvgIpc) is 3.46. The van der Waals surface area contributed by atoms with E-state index in [0.29, 0.717) is 13.2 Å². The molecule has 3 aromatic carbocycles. The van der Waals surface area contributed by atoms with Crippen molar-refractivity contribution in [3.05, 3.63) is 71.3 Å². The fourth-order valence-corrected chi connectivity index (χ4v) is 6.24. The zero-order chi connectivity index (χ0) is 26.9. The van der Waals surface area contributed by atoms with Crippen LogP contribution < -0.4 is 20.1 Å². The number of hydrogen-bond acceptors (Lipinski definition) is 7. The summed E-state index contributed by atoms with van der Waals surface area (Å²) in [5, 5.41) is 15.2. The molecule has 1 saturated heterocycles. The van der Waals surface area contributed by atoms with E-state index in [1.165, 1.54) is 0 Å². The van der Waals surface area contributed by atoms with E-state index in [2.05, 4.69) is 70.2 Å². The highest BCUT2D eigenvalue weighted by atomic mass is 16.5. The number of methoxy groups -OCH3 is 2. The van der Waals surface area contributed by atoms with Gasteiger partial charge in [0.25, 0.3) is 0 Å². The Labute approximate surface area is 226 Å². The van der Waals surface area contributed by atoms with E-state index in [9.17, 15) is 4.79 Å². The molecule has 2 aliphatic heterocycles. The minimum atomic E-state index is -0.539. The number of anilines is 3. The molecule has 1 spiro atoms. The first-order valence-electron chi connectivity index (χ1n) is 13.1. The average molecular weight is 526 g/mol. The number of rotatable bonds is 7. The van der Waals surface area contributed by atoms with Crippen molar-refractivity contribution in [2.24, 2.45) is 0 Å². The summed E-state index contributed by atoms with van der Waals surface area (Å²) in [6.45, 7) is 1.32. The van der Waals surface area contributed by atoms with Crippen LogP contribution in [0.4, 0.5) is 17.2 Å². The van der Waals surface area contributed by atoms with Gasteiger partial charge in [-0.25, -0.2) is 0 Å². The van der Waals surface area contributed by atoms with E-state index < -0.39 is 5.41 Å². The Balaban J connectivity index is 1.16. The maximum Gasteiger partial charge on any atom is 0.235 e. The van der Waals surface area contributed by atoms with Crippen LogP contribution in [-0.4, -0.2) is 62.5 Å². The molecular formula is C30H31N5O4. The second-order valence-electron chi connectivity index (χ2n) is 10.9. The van der Waals surface area contributed by atoms with Crippen LogP contribution in [0.3, 0.4) is 0 Å². The van der Waals surface area contributed by atoms with Gasteiger partial charge in [0.15, 0.2) is 5.82 Å². The van der Waals surface area contributed by atoms with Gasteiger partial charge in [0.05, 0.1) is 49.6 Å². The first-order valence-corrected chi connectivity index (χ1v) is 13.1. The summed E-state index contributed by atoms with van der Waals surface area (Å²) in [5.74, 6) is 2.38. The number of carbonyl (C=O) groups excluding carboxylic acids is 1. The molecule has 3 aliphatic rings. The maximum atomic E-state index is 13.1. The van der Waals surface area contributed by atoms with E-state index in [4.69, 9.17) is 14.2 Å². The first kappa shape index (κ1) is 24.0. The molecule has 9 nitrogen and oxygen atoms in total. The van der Waals surface area contributed by atoms with E-state index >= 15 is 0 Å². The number of H-pyrrole nitrogens is 1. The van der Waals surface area contributed by atoms with Gasteiger partial charge in [-0.05, 0) is 79.7 Å². The summed E-state index contributed by atoms with van der Waals surface area (Å²) in [7, 11) is 7.47. The summed E-state index contributed by atoms with van der Waals surface area (Å²) in [4.78, 5) is 15.3. The topological polar surface area (TPSA) is 101 Å². The Morgan fingerprint density at radius 2 is 1.90 bits per heavy atom. The predicted octanol–water partition coefficient (Wildman–Crippen LogP) is 4.49. The number of likely N-dealkylation sites (N-methyl/N-ethyl adjacent to an activating group) is 1. The van der Waals surface area contributed by atoms with Crippen molar-refractivity contribution in [1.82, 2.24) is 15.1 Å². The van der Waals surface area contributed by atoms with E-state index in [1.54, 1.807) is 14.2 Å². The molecule has 200 valence electrons. The van der Waals surface area contributed by atoms with E-state index in [0.717, 1.165) is 62.7 Å². The highest BCUT2D eigenvalue weighted by Crippen LogP contribution is 2.65. The van der Waals surface area contributed by atoms with Crippen LogP contribution in [0, 0.1) is 0 Å². The number of carbonyl (C=O) groups is 1. The molecule has 0 radical (unpaired) electrons. The third-order valence-electron chi connectivity index (χ3n) is 8.84. The van der Waals surface area contributed by atoms with Gasteiger partial charge in [0.1, 0.15) is 11.5 Å². The number of fused-ring (bicyclic) bond motifs is 3. The molecule has 0 unspecified atom stereocenters. The largest absolute Gasteiger partial charge is 0.497 e. The number of aromatic amines is 1. The molecule has 3 heterocycles. The van der Waals surface area contributed by atoms with Gasteiger partial charge in [0.2, 0.25) is 5.91 Å². The third kappa shape index (κ3) is 3.39. The third-order valence-corrected chi connectivity index (χ3v) is 8.84. The van der Waals surface area contributed by atoms with E-state index in [1.807, 2.05) is 24.3 Å². The number of nitrogens with zero attached hydrogens (tertiary/aromatic N) is 2. The molecule has 1 saturated carbocycles. The van der Waals surface area contributed by atoms with Gasteiger partial charge in [-0.1, -0.05) is 12.1 Å². The maximum absolute atomic E-state index is 13.1. The Kier molecular flexibility index (Phi) is 5.20. The number of ether oxygens (including phenoxy) is 3. The number of amides is 1. The molecule has 39 heavy (non-hydrogen) atoms. The molecule has 1 aliphatic carbocycles. The van der Waals surface area contributed by atoms with Crippen molar-refractivity contribution < 1.29 is 19.0 Å². The molecule has 4 aromatic rings. The van der Waals surface area contributed by atoms with Gasteiger partial charge in [-0.2, -0.15) is 5.10 Å². The summed E-state index contributed by atoms with van der Waals surface area (Å²) >= 11 is 0. The van der Waals surface area contributed by atoms with Crippen molar-refractivity contribution in [3.8, 4) is 11.5 Å². The standard InChI is InChI=1S/C30H31N5O4/c1-35(2)29(15-39-16-29)18-6-9-24(26(12-18)38-4)31-27-20-8-5-17(11-25(20)33-34-27)22-14-30(22)21-13-19(37-3)7-10-23(21)32-28(30)36/h5-13,22H,14-16H2,1-4H3,(H,32,36)(H2,31,33,34)/t22-,30-/m0/s1. The van der Waals surface area contributed by atoms with Crippen LogP contribution in [0.2, 0.25) is 0 Å². The lowest BCUT2D eigenvalue weighted by atomic mass is 9.86. The second kappa shape index (κ2) is 8.46. The Hall–Kier alpha value is -4.08. The smallest absolute Gasteiger partial charge is 0.235 e. The highest BCUT2D eigenvalue weighted by Gasteiger charge is 2.65. The molecule has 9 heteroatoms. The lowest BCUT2D eigenvalue weighted by molar-refractivity contribution is -0.130. The molecule has 0 bridgehead atoms. The molecule has 7 rings (SSSR count). The zero-order valence-corrected chi connectivity index (χ0v) is 22.4. The van der Waals surface area contributed by atoms with Crippen LogP contribution in [0.5, 0.6) is 11.5 Å². The molecule has 2 atom stereocenters. The summed E-state index contributed by atoms with van der Waals surface area (Å²) in [6, 6.07) is 18.3. The Morgan fingerprint density at radius 1 is 1.05 bits per heavy atom. The number of nitrogens with one attached hydrogen (secondary N) is 3. The lowest BCUT2D eigenvalue weighted by Crippen LogP contribution is -2.56. The predicted molar refractivity (Wildman–Crippen MR) is 149 cm³/mol. The molecule has 1 amide bonds. The molecule has 3 N–H and O–H groups in total. The van der Waals surface area contributed by atoms with Crippen molar-refractivity contribution in [1.29, 1.82) is 0 Å².